The van der Waals surface area contributed by atoms with E-state index in [2.05, 4.69) is 26.1 Å². The number of benzene rings is 1. The molecule has 0 aliphatic carbocycles. The van der Waals surface area contributed by atoms with Gasteiger partial charge in [-0.2, -0.15) is 0 Å². The van der Waals surface area contributed by atoms with E-state index in [1.807, 2.05) is 18.2 Å². The molecule has 0 saturated heterocycles. The zero-order valence-corrected chi connectivity index (χ0v) is 13.0. The Bertz CT molecular complexity index is 345. The van der Waals surface area contributed by atoms with Gasteiger partial charge in [0, 0.05) is 16.1 Å². The van der Waals surface area contributed by atoms with Crippen LogP contribution in [0.2, 0.25) is 10.0 Å². The molecule has 2 unspecified atom stereocenters. The monoisotopic (exact) mass is 287 g/mol. The Morgan fingerprint density at radius 2 is 1.78 bits per heavy atom. The van der Waals surface area contributed by atoms with Gasteiger partial charge in [-0.05, 0) is 49.4 Å². The zero-order chi connectivity index (χ0) is 13.5. The summed E-state index contributed by atoms with van der Waals surface area (Å²) in [5.74, 6) is 0.527. The first-order valence-corrected chi connectivity index (χ1v) is 7.52. The lowest BCUT2D eigenvalue weighted by molar-refractivity contribution is 0.365. The van der Waals surface area contributed by atoms with Crippen molar-refractivity contribution in [2.45, 2.75) is 46.1 Å². The lowest BCUT2D eigenvalue weighted by Gasteiger charge is -2.24. The largest absolute Gasteiger partial charge is 0.314 e. The normalized spacial score (nSPS) is 14.5. The van der Waals surface area contributed by atoms with E-state index in [0.29, 0.717) is 12.0 Å². The van der Waals surface area contributed by atoms with Crippen LogP contribution in [0.1, 0.15) is 39.2 Å². The van der Waals surface area contributed by atoms with Crippen LogP contribution in [0.15, 0.2) is 18.2 Å². The summed E-state index contributed by atoms with van der Waals surface area (Å²) in [6.07, 6.45) is 3.22. The minimum Gasteiger partial charge on any atom is -0.314 e. The Labute approximate surface area is 121 Å². The zero-order valence-electron chi connectivity index (χ0n) is 11.5. The first-order valence-electron chi connectivity index (χ1n) is 6.76. The van der Waals surface area contributed by atoms with E-state index in [-0.39, 0.29) is 0 Å². The Morgan fingerprint density at radius 1 is 1.17 bits per heavy atom. The third kappa shape index (κ3) is 4.46. The van der Waals surface area contributed by atoms with Gasteiger partial charge in [0.15, 0.2) is 0 Å². The van der Waals surface area contributed by atoms with Gasteiger partial charge in [0.25, 0.3) is 0 Å². The Balaban J connectivity index is 2.70. The van der Waals surface area contributed by atoms with Crippen LogP contribution >= 0.6 is 23.2 Å². The standard InChI is InChI=1S/C15H23Cl2N/c1-4-9-18-15(5-2)11(3)10-12-13(16)7-6-8-14(12)17/h6-8,11,15,18H,4-5,9-10H2,1-3H3. The number of rotatable bonds is 7. The molecule has 102 valence electrons. The lowest BCUT2D eigenvalue weighted by atomic mass is 9.92. The number of nitrogens with one attached hydrogen (secondary N) is 1. The summed E-state index contributed by atoms with van der Waals surface area (Å²) in [5, 5.41) is 5.15. The first-order chi connectivity index (χ1) is 8.60. The van der Waals surface area contributed by atoms with Gasteiger partial charge in [-0.15, -0.1) is 0 Å². The summed E-state index contributed by atoms with van der Waals surface area (Å²) in [4.78, 5) is 0. The quantitative estimate of drug-likeness (QED) is 0.748. The van der Waals surface area contributed by atoms with E-state index >= 15 is 0 Å². The molecule has 0 fully saturated rings. The molecule has 2 atom stereocenters. The summed E-state index contributed by atoms with van der Waals surface area (Å²) in [6.45, 7) is 7.74. The molecule has 1 nitrogen and oxygen atoms in total. The highest BCUT2D eigenvalue weighted by molar-refractivity contribution is 6.35. The summed E-state index contributed by atoms with van der Waals surface area (Å²) in [7, 11) is 0. The predicted molar refractivity (Wildman–Crippen MR) is 81.7 cm³/mol. The van der Waals surface area contributed by atoms with E-state index in [1.54, 1.807) is 0 Å². The van der Waals surface area contributed by atoms with Crippen molar-refractivity contribution in [2.24, 2.45) is 5.92 Å². The Kier molecular flexibility index (Phi) is 7.06. The highest BCUT2D eigenvalue weighted by Crippen LogP contribution is 2.28. The Hall–Kier alpha value is -0.240. The fraction of sp³-hybridized carbons (Fsp3) is 0.600. The van der Waals surface area contributed by atoms with Crippen molar-refractivity contribution in [3.63, 3.8) is 0 Å². The summed E-state index contributed by atoms with van der Waals surface area (Å²) in [6, 6.07) is 6.24. The molecular formula is C15H23Cl2N. The van der Waals surface area contributed by atoms with Crippen molar-refractivity contribution in [3.05, 3.63) is 33.8 Å². The van der Waals surface area contributed by atoms with Crippen molar-refractivity contribution in [1.82, 2.24) is 5.32 Å². The second-order valence-corrected chi connectivity index (χ2v) is 5.66. The van der Waals surface area contributed by atoms with Crippen LogP contribution in [0.5, 0.6) is 0 Å². The molecule has 0 saturated carbocycles. The third-order valence-corrected chi connectivity index (χ3v) is 4.08. The molecule has 0 heterocycles. The van der Waals surface area contributed by atoms with Crippen LogP contribution < -0.4 is 5.32 Å². The molecule has 0 amide bonds. The molecule has 0 spiro atoms. The summed E-state index contributed by atoms with van der Waals surface area (Å²) in [5.41, 5.74) is 1.07. The average Bonchev–Trinajstić information content (AvgIpc) is 2.35. The van der Waals surface area contributed by atoms with Crippen LogP contribution in [-0.2, 0) is 6.42 Å². The van der Waals surface area contributed by atoms with E-state index in [9.17, 15) is 0 Å². The van der Waals surface area contributed by atoms with E-state index < -0.39 is 0 Å². The number of hydrogen-bond donors (Lipinski definition) is 1. The topological polar surface area (TPSA) is 12.0 Å². The second kappa shape index (κ2) is 8.04. The third-order valence-electron chi connectivity index (χ3n) is 3.37. The fourth-order valence-corrected chi connectivity index (χ4v) is 2.82. The van der Waals surface area contributed by atoms with Crippen LogP contribution in [0.4, 0.5) is 0 Å². The van der Waals surface area contributed by atoms with E-state index in [4.69, 9.17) is 23.2 Å². The molecule has 0 aromatic heterocycles. The van der Waals surface area contributed by atoms with Crippen molar-refractivity contribution in [1.29, 1.82) is 0 Å². The van der Waals surface area contributed by atoms with Gasteiger partial charge in [0.05, 0.1) is 0 Å². The highest BCUT2D eigenvalue weighted by Gasteiger charge is 2.17. The van der Waals surface area contributed by atoms with Gasteiger partial charge < -0.3 is 5.32 Å². The second-order valence-electron chi connectivity index (χ2n) is 4.85. The molecule has 0 bridgehead atoms. The van der Waals surface area contributed by atoms with Gasteiger partial charge in [-0.3, -0.25) is 0 Å². The van der Waals surface area contributed by atoms with E-state index in [1.165, 1.54) is 0 Å². The van der Waals surface area contributed by atoms with Crippen LogP contribution in [-0.4, -0.2) is 12.6 Å². The SMILES string of the molecule is CCCNC(CC)C(C)Cc1c(Cl)cccc1Cl. The first kappa shape index (κ1) is 15.8. The molecule has 0 aliphatic heterocycles. The van der Waals surface area contributed by atoms with Crippen molar-refractivity contribution in [2.75, 3.05) is 6.54 Å². The number of halogens is 2. The summed E-state index contributed by atoms with van der Waals surface area (Å²) < 4.78 is 0. The molecule has 1 rings (SSSR count). The molecule has 1 aromatic rings. The maximum absolute atomic E-state index is 6.22. The summed E-state index contributed by atoms with van der Waals surface area (Å²) >= 11 is 12.4. The predicted octanol–water partition coefficient (Wildman–Crippen LogP) is 4.95. The van der Waals surface area contributed by atoms with Crippen molar-refractivity contribution >= 4 is 23.2 Å². The maximum atomic E-state index is 6.22. The molecule has 0 radical (unpaired) electrons. The molecule has 18 heavy (non-hydrogen) atoms. The minimum atomic E-state index is 0.525. The molecule has 1 aromatic carbocycles. The molecule has 0 aliphatic rings. The van der Waals surface area contributed by atoms with Crippen LogP contribution in [0.3, 0.4) is 0 Å². The molecular weight excluding hydrogens is 265 g/mol. The molecule has 3 heteroatoms. The maximum Gasteiger partial charge on any atom is 0.0452 e. The molecule has 1 N–H and O–H groups in total. The fourth-order valence-electron chi connectivity index (χ4n) is 2.27. The van der Waals surface area contributed by atoms with Crippen LogP contribution in [0.25, 0.3) is 0 Å². The van der Waals surface area contributed by atoms with Gasteiger partial charge in [0.2, 0.25) is 0 Å². The van der Waals surface area contributed by atoms with Crippen molar-refractivity contribution < 1.29 is 0 Å². The lowest BCUT2D eigenvalue weighted by Crippen LogP contribution is -2.35. The van der Waals surface area contributed by atoms with Gasteiger partial charge in [-0.25, -0.2) is 0 Å². The highest BCUT2D eigenvalue weighted by atomic mass is 35.5. The number of hydrogen-bond acceptors (Lipinski definition) is 1. The van der Waals surface area contributed by atoms with Gasteiger partial charge in [0.1, 0.15) is 0 Å². The van der Waals surface area contributed by atoms with Gasteiger partial charge in [-0.1, -0.05) is 50.0 Å². The average molecular weight is 288 g/mol. The van der Waals surface area contributed by atoms with Crippen molar-refractivity contribution in [3.8, 4) is 0 Å². The van der Waals surface area contributed by atoms with Gasteiger partial charge >= 0.3 is 0 Å². The smallest absolute Gasteiger partial charge is 0.0452 e. The minimum absolute atomic E-state index is 0.525. The van der Waals surface area contributed by atoms with E-state index in [0.717, 1.165) is 41.4 Å². The Morgan fingerprint density at radius 3 is 2.28 bits per heavy atom. The van der Waals surface area contributed by atoms with Crippen LogP contribution in [0, 0.1) is 5.92 Å².